The summed E-state index contributed by atoms with van der Waals surface area (Å²) in [6, 6.07) is 9.60. The van der Waals surface area contributed by atoms with Crippen LogP contribution >= 0.6 is 34.5 Å². The van der Waals surface area contributed by atoms with Crippen molar-refractivity contribution in [1.82, 2.24) is 4.98 Å². The summed E-state index contributed by atoms with van der Waals surface area (Å²) in [5.74, 6) is 0.0343. The van der Waals surface area contributed by atoms with Gasteiger partial charge in [-0.3, -0.25) is 5.43 Å². The zero-order chi connectivity index (χ0) is 19.2. The van der Waals surface area contributed by atoms with Crippen LogP contribution in [0.4, 0.5) is 5.13 Å². The maximum absolute atomic E-state index is 12.4. The number of aromatic nitrogens is 1. The van der Waals surface area contributed by atoms with Crippen LogP contribution in [0.3, 0.4) is 0 Å². The van der Waals surface area contributed by atoms with Crippen LogP contribution in [-0.2, 0) is 0 Å². The number of esters is 1. The first kappa shape index (κ1) is 19.2. The lowest BCUT2D eigenvalue weighted by Gasteiger charge is -2.10. The minimum Gasteiger partial charge on any atom is -0.493 e. The van der Waals surface area contributed by atoms with Gasteiger partial charge in [-0.2, -0.15) is 5.10 Å². The molecule has 0 aliphatic heterocycles. The standard InChI is InChI=1S/C18H13Cl2N3O3S/c1-25-16-8-11(10-22-23-18-21-6-7-27-18)2-5-15(16)26-17(24)13-4-3-12(19)9-14(13)20/h2-10H,1H3,(H,21,23)/b22-10-. The molecule has 0 radical (unpaired) electrons. The zero-order valence-electron chi connectivity index (χ0n) is 14.0. The summed E-state index contributed by atoms with van der Waals surface area (Å²) in [5.41, 5.74) is 3.77. The van der Waals surface area contributed by atoms with Gasteiger partial charge in [0, 0.05) is 16.6 Å². The Morgan fingerprint density at radius 3 is 2.78 bits per heavy atom. The van der Waals surface area contributed by atoms with E-state index < -0.39 is 5.97 Å². The molecule has 138 valence electrons. The molecule has 0 amide bonds. The Bertz CT molecular complexity index is 978. The van der Waals surface area contributed by atoms with Crippen LogP contribution in [-0.4, -0.2) is 24.3 Å². The fourth-order valence-electron chi connectivity index (χ4n) is 2.10. The molecule has 1 heterocycles. The third-order valence-corrected chi connectivity index (χ3v) is 4.57. The van der Waals surface area contributed by atoms with E-state index in [0.717, 1.165) is 5.56 Å². The summed E-state index contributed by atoms with van der Waals surface area (Å²) < 4.78 is 10.7. The van der Waals surface area contributed by atoms with Crippen LogP contribution in [0, 0.1) is 0 Å². The Hall–Kier alpha value is -2.61. The van der Waals surface area contributed by atoms with Gasteiger partial charge in [0.25, 0.3) is 0 Å². The number of carbonyl (C=O) groups is 1. The van der Waals surface area contributed by atoms with Gasteiger partial charge in [0.15, 0.2) is 11.5 Å². The van der Waals surface area contributed by atoms with E-state index >= 15 is 0 Å². The number of carbonyl (C=O) groups excluding carboxylic acids is 1. The van der Waals surface area contributed by atoms with Gasteiger partial charge >= 0.3 is 5.97 Å². The van der Waals surface area contributed by atoms with Crippen molar-refractivity contribution in [1.29, 1.82) is 0 Å². The Kier molecular flexibility index (Phi) is 6.28. The van der Waals surface area contributed by atoms with Crippen molar-refractivity contribution in [2.24, 2.45) is 5.10 Å². The van der Waals surface area contributed by atoms with E-state index in [4.69, 9.17) is 32.7 Å². The molecule has 3 rings (SSSR count). The maximum Gasteiger partial charge on any atom is 0.345 e. The molecular formula is C18H13Cl2N3O3S. The molecule has 9 heteroatoms. The summed E-state index contributed by atoms with van der Waals surface area (Å²) in [4.78, 5) is 16.4. The van der Waals surface area contributed by atoms with Gasteiger partial charge in [0.2, 0.25) is 5.13 Å². The van der Waals surface area contributed by atoms with E-state index in [2.05, 4.69) is 15.5 Å². The van der Waals surface area contributed by atoms with Crippen molar-refractivity contribution in [3.05, 3.63) is 69.1 Å². The van der Waals surface area contributed by atoms with Gasteiger partial charge in [-0.15, -0.1) is 11.3 Å². The number of anilines is 1. The lowest BCUT2D eigenvalue weighted by molar-refractivity contribution is 0.0730. The Morgan fingerprint density at radius 2 is 2.07 bits per heavy atom. The third-order valence-electron chi connectivity index (χ3n) is 3.35. The van der Waals surface area contributed by atoms with Crippen LogP contribution in [0.5, 0.6) is 11.5 Å². The number of ether oxygens (including phenoxy) is 2. The molecule has 0 bridgehead atoms. The van der Waals surface area contributed by atoms with Crippen molar-refractivity contribution in [2.45, 2.75) is 0 Å². The fraction of sp³-hybridized carbons (Fsp3) is 0.0556. The topological polar surface area (TPSA) is 72.8 Å². The molecule has 0 unspecified atom stereocenters. The smallest absolute Gasteiger partial charge is 0.345 e. The molecule has 6 nitrogen and oxygen atoms in total. The van der Waals surface area contributed by atoms with Crippen LogP contribution < -0.4 is 14.9 Å². The van der Waals surface area contributed by atoms with E-state index in [0.29, 0.717) is 15.9 Å². The number of rotatable bonds is 6. The van der Waals surface area contributed by atoms with Crippen LogP contribution in [0.25, 0.3) is 0 Å². The molecular weight excluding hydrogens is 409 g/mol. The molecule has 0 atom stereocenters. The number of hydrazone groups is 1. The number of thiazole rings is 1. The molecule has 1 N–H and O–H groups in total. The highest BCUT2D eigenvalue weighted by Gasteiger charge is 2.16. The third kappa shape index (κ3) is 4.97. The Balaban J connectivity index is 1.74. The number of methoxy groups -OCH3 is 1. The number of hydrogen-bond donors (Lipinski definition) is 1. The largest absolute Gasteiger partial charge is 0.493 e. The van der Waals surface area contributed by atoms with E-state index in [-0.39, 0.29) is 16.3 Å². The minimum atomic E-state index is -0.609. The summed E-state index contributed by atoms with van der Waals surface area (Å²) in [6.07, 6.45) is 3.28. The average Bonchev–Trinajstić information content (AvgIpc) is 3.16. The first-order chi connectivity index (χ1) is 13.1. The highest BCUT2D eigenvalue weighted by Crippen LogP contribution is 2.30. The summed E-state index contributed by atoms with van der Waals surface area (Å²) >= 11 is 13.3. The monoisotopic (exact) mass is 421 g/mol. The first-order valence-electron chi connectivity index (χ1n) is 7.60. The van der Waals surface area contributed by atoms with Gasteiger partial charge in [0.1, 0.15) is 0 Å². The highest BCUT2D eigenvalue weighted by atomic mass is 35.5. The van der Waals surface area contributed by atoms with Gasteiger partial charge < -0.3 is 9.47 Å². The average molecular weight is 422 g/mol. The number of nitrogens with one attached hydrogen (secondary N) is 1. The number of benzene rings is 2. The first-order valence-corrected chi connectivity index (χ1v) is 9.24. The summed E-state index contributed by atoms with van der Waals surface area (Å²) in [6.45, 7) is 0. The van der Waals surface area contributed by atoms with Crippen molar-refractivity contribution in [2.75, 3.05) is 12.5 Å². The molecule has 3 aromatic rings. The molecule has 0 aliphatic rings. The second kappa shape index (κ2) is 8.85. The Labute approximate surface area is 169 Å². The maximum atomic E-state index is 12.4. The SMILES string of the molecule is COc1cc(/C=N\Nc2nccs2)ccc1OC(=O)c1ccc(Cl)cc1Cl. The lowest BCUT2D eigenvalue weighted by Crippen LogP contribution is -2.10. The molecule has 27 heavy (non-hydrogen) atoms. The lowest BCUT2D eigenvalue weighted by atomic mass is 10.2. The van der Waals surface area contributed by atoms with Gasteiger partial charge in [-0.05, 0) is 42.0 Å². The van der Waals surface area contributed by atoms with E-state index in [9.17, 15) is 4.79 Å². The molecule has 0 spiro atoms. The second-order valence-corrected chi connectivity index (χ2v) is 6.87. The molecule has 0 fully saturated rings. The predicted molar refractivity (Wildman–Crippen MR) is 108 cm³/mol. The van der Waals surface area contributed by atoms with Crippen molar-refractivity contribution >= 4 is 51.9 Å². The predicted octanol–water partition coefficient (Wildman–Crippen LogP) is 5.12. The van der Waals surface area contributed by atoms with Crippen molar-refractivity contribution in [3.8, 4) is 11.5 Å². The Morgan fingerprint density at radius 1 is 1.22 bits per heavy atom. The fourth-order valence-corrected chi connectivity index (χ4v) is 3.06. The van der Waals surface area contributed by atoms with Crippen LogP contribution in [0.15, 0.2) is 53.1 Å². The van der Waals surface area contributed by atoms with Gasteiger partial charge in [-0.1, -0.05) is 23.2 Å². The molecule has 1 aromatic heterocycles. The van der Waals surface area contributed by atoms with Gasteiger partial charge in [-0.25, -0.2) is 9.78 Å². The normalized spacial score (nSPS) is 10.8. The number of nitrogens with zero attached hydrogens (tertiary/aromatic N) is 2. The highest BCUT2D eigenvalue weighted by molar-refractivity contribution is 7.13. The number of hydrogen-bond acceptors (Lipinski definition) is 7. The molecule has 2 aromatic carbocycles. The minimum absolute atomic E-state index is 0.210. The zero-order valence-corrected chi connectivity index (χ0v) is 16.3. The molecule has 0 aliphatic carbocycles. The summed E-state index contributed by atoms with van der Waals surface area (Å²) in [5, 5.41) is 7.27. The van der Waals surface area contributed by atoms with E-state index in [1.54, 1.807) is 36.7 Å². The van der Waals surface area contributed by atoms with Crippen LogP contribution in [0.2, 0.25) is 10.0 Å². The van der Waals surface area contributed by atoms with E-state index in [1.807, 2.05) is 5.38 Å². The van der Waals surface area contributed by atoms with Crippen molar-refractivity contribution in [3.63, 3.8) is 0 Å². The van der Waals surface area contributed by atoms with E-state index in [1.165, 1.54) is 30.6 Å². The molecule has 0 saturated carbocycles. The van der Waals surface area contributed by atoms with Crippen LogP contribution in [0.1, 0.15) is 15.9 Å². The van der Waals surface area contributed by atoms with Gasteiger partial charge in [0.05, 0.1) is 23.9 Å². The molecule has 0 saturated heterocycles. The quantitative estimate of drug-likeness (QED) is 0.258. The van der Waals surface area contributed by atoms with Crippen molar-refractivity contribution < 1.29 is 14.3 Å². The summed E-state index contributed by atoms with van der Waals surface area (Å²) in [7, 11) is 1.48. The number of halogens is 2. The second-order valence-electron chi connectivity index (χ2n) is 5.13.